The molecule has 3 heterocycles. The van der Waals surface area contributed by atoms with Crippen LogP contribution in [0, 0.1) is 10.1 Å². The molecule has 0 N–H and O–H groups in total. The van der Waals surface area contributed by atoms with E-state index in [1.54, 1.807) is 24.5 Å². The summed E-state index contributed by atoms with van der Waals surface area (Å²) in [6.45, 7) is 0. The lowest BCUT2D eigenvalue weighted by molar-refractivity contribution is -0.385. The number of para-hydroxylation sites is 1. The molecule has 0 amide bonds. The maximum Gasteiger partial charge on any atom is 0.270 e. The van der Waals surface area contributed by atoms with E-state index >= 15 is 0 Å². The van der Waals surface area contributed by atoms with Crippen LogP contribution in [0.5, 0.6) is 11.5 Å². The van der Waals surface area contributed by atoms with Gasteiger partial charge in [0.15, 0.2) is 0 Å². The summed E-state index contributed by atoms with van der Waals surface area (Å²) in [5.74, 6) is 1.29. The Morgan fingerprint density at radius 3 is 2.83 bits per heavy atom. The molecule has 0 bridgehead atoms. The van der Waals surface area contributed by atoms with Crippen LogP contribution in [0.1, 0.15) is 34.7 Å². The molecule has 146 valence electrons. The average Bonchev–Trinajstić information content (AvgIpc) is 3.42. The summed E-state index contributed by atoms with van der Waals surface area (Å²) in [7, 11) is 1.54. The SMILES string of the molecule is COc1ccc([N+](=O)[O-])cc1C1Oc2ccccc2C2CC(c3cccs3)=NN21. The monoisotopic (exact) mass is 407 g/mol. The van der Waals surface area contributed by atoms with Crippen LogP contribution in [0.4, 0.5) is 5.69 Å². The minimum atomic E-state index is -0.623. The fraction of sp³-hybridized carbons (Fsp3) is 0.190. The third kappa shape index (κ3) is 2.92. The second-order valence-electron chi connectivity index (χ2n) is 6.82. The number of thiophene rings is 1. The highest BCUT2D eigenvalue weighted by Crippen LogP contribution is 2.49. The van der Waals surface area contributed by atoms with Crippen LogP contribution < -0.4 is 9.47 Å². The predicted molar refractivity (Wildman–Crippen MR) is 110 cm³/mol. The van der Waals surface area contributed by atoms with Crippen LogP contribution in [0.3, 0.4) is 0 Å². The molecule has 7 nitrogen and oxygen atoms in total. The van der Waals surface area contributed by atoms with Gasteiger partial charge in [-0.25, -0.2) is 5.01 Å². The van der Waals surface area contributed by atoms with Crippen molar-refractivity contribution < 1.29 is 14.4 Å². The van der Waals surface area contributed by atoms with Gasteiger partial charge in [-0.3, -0.25) is 10.1 Å². The highest BCUT2D eigenvalue weighted by atomic mass is 32.1. The quantitative estimate of drug-likeness (QED) is 0.454. The molecule has 8 heteroatoms. The Bertz CT molecular complexity index is 1110. The van der Waals surface area contributed by atoms with Gasteiger partial charge in [0.1, 0.15) is 11.5 Å². The first-order valence-electron chi connectivity index (χ1n) is 9.13. The number of ether oxygens (including phenoxy) is 2. The van der Waals surface area contributed by atoms with E-state index in [2.05, 4.69) is 6.07 Å². The Morgan fingerprint density at radius 1 is 1.21 bits per heavy atom. The third-order valence-electron chi connectivity index (χ3n) is 5.19. The molecule has 29 heavy (non-hydrogen) atoms. The van der Waals surface area contributed by atoms with E-state index in [1.165, 1.54) is 12.1 Å². The number of hydrazone groups is 1. The molecule has 2 aromatic carbocycles. The lowest BCUT2D eigenvalue weighted by Gasteiger charge is -2.38. The second kappa shape index (κ2) is 6.89. The first-order chi connectivity index (χ1) is 14.2. The largest absolute Gasteiger partial charge is 0.496 e. The van der Waals surface area contributed by atoms with E-state index in [4.69, 9.17) is 14.6 Å². The number of nitro groups is 1. The number of hydrogen-bond acceptors (Lipinski definition) is 7. The lowest BCUT2D eigenvalue weighted by Crippen LogP contribution is -2.34. The van der Waals surface area contributed by atoms with E-state index in [9.17, 15) is 10.1 Å². The Labute approximate surface area is 171 Å². The lowest BCUT2D eigenvalue weighted by atomic mass is 9.97. The second-order valence-corrected chi connectivity index (χ2v) is 7.76. The molecule has 0 aliphatic carbocycles. The van der Waals surface area contributed by atoms with Crippen molar-refractivity contribution in [1.82, 2.24) is 5.01 Å². The molecular weight excluding hydrogens is 390 g/mol. The zero-order chi connectivity index (χ0) is 20.0. The molecule has 5 rings (SSSR count). The van der Waals surface area contributed by atoms with Gasteiger partial charge < -0.3 is 9.47 Å². The van der Waals surface area contributed by atoms with Crippen LogP contribution in [0.15, 0.2) is 65.1 Å². The van der Waals surface area contributed by atoms with E-state index in [1.807, 2.05) is 40.7 Å². The van der Waals surface area contributed by atoms with Crippen LogP contribution in [-0.4, -0.2) is 22.8 Å². The Balaban J connectivity index is 1.65. The summed E-state index contributed by atoms with van der Waals surface area (Å²) in [5, 5.41) is 20.2. The molecule has 0 saturated carbocycles. The Morgan fingerprint density at radius 2 is 2.07 bits per heavy atom. The first-order valence-corrected chi connectivity index (χ1v) is 10.0. The van der Waals surface area contributed by atoms with Gasteiger partial charge >= 0.3 is 0 Å². The highest BCUT2D eigenvalue weighted by molar-refractivity contribution is 7.12. The van der Waals surface area contributed by atoms with Gasteiger partial charge in [0.25, 0.3) is 5.69 Å². The summed E-state index contributed by atoms with van der Waals surface area (Å²) >= 11 is 1.65. The number of nitrogens with zero attached hydrogens (tertiary/aromatic N) is 3. The highest BCUT2D eigenvalue weighted by Gasteiger charge is 2.42. The molecule has 2 unspecified atom stereocenters. The Kier molecular flexibility index (Phi) is 4.21. The van der Waals surface area contributed by atoms with Gasteiger partial charge in [-0.15, -0.1) is 11.3 Å². The molecule has 3 aromatic rings. The topological polar surface area (TPSA) is 77.2 Å². The van der Waals surface area contributed by atoms with E-state index in [0.717, 1.165) is 28.3 Å². The summed E-state index contributed by atoms with van der Waals surface area (Å²) in [5.41, 5.74) is 2.61. The van der Waals surface area contributed by atoms with Gasteiger partial charge in [0.2, 0.25) is 6.23 Å². The van der Waals surface area contributed by atoms with E-state index in [0.29, 0.717) is 11.3 Å². The number of nitro benzene ring substituents is 1. The van der Waals surface area contributed by atoms with Crippen LogP contribution in [-0.2, 0) is 0 Å². The van der Waals surface area contributed by atoms with Crippen molar-refractivity contribution in [3.05, 3.63) is 86.1 Å². The third-order valence-corrected chi connectivity index (χ3v) is 6.11. The minimum Gasteiger partial charge on any atom is -0.496 e. The minimum absolute atomic E-state index is 0.00832. The normalized spacial score (nSPS) is 19.8. The number of methoxy groups -OCH3 is 1. The molecule has 0 spiro atoms. The van der Waals surface area contributed by atoms with Crippen molar-refractivity contribution in [2.45, 2.75) is 18.7 Å². The van der Waals surface area contributed by atoms with Gasteiger partial charge in [0, 0.05) is 24.1 Å². The molecule has 2 aliphatic heterocycles. The summed E-state index contributed by atoms with van der Waals surface area (Å²) in [6, 6.07) is 16.5. The van der Waals surface area contributed by atoms with Crippen molar-refractivity contribution in [3.63, 3.8) is 0 Å². The van der Waals surface area contributed by atoms with Gasteiger partial charge in [-0.1, -0.05) is 24.3 Å². The fourth-order valence-corrected chi connectivity index (χ4v) is 4.58. The van der Waals surface area contributed by atoms with Gasteiger partial charge in [-0.2, -0.15) is 5.10 Å². The van der Waals surface area contributed by atoms with Crippen molar-refractivity contribution >= 4 is 22.7 Å². The number of fused-ring (bicyclic) bond motifs is 3. The van der Waals surface area contributed by atoms with Crippen molar-refractivity contribution in [2.24, 2.45) is 5.10 Å². The van der Waals surface area contributed by atoms with Gasteiger partial charge in [-0.05, 0) is 23.6 Å². The fourth-order valence-electron chi connectivity index (χ4n) is 3.86. The standard InChI is InChI=1S/C21H17N3O4S/c1-27-18-9-8-13(24(25)26)11-15(18)21-23-17(14-5-2-3-6-19(14)28-21)12-16(22-23)20-7-4-10-29-20/h2-11,17,21H,12H2,1H3. The van der Waals surface area contributed by atoms with Crippen molar-refractivity contribution in [2.75, 3.05) is 7.11 Å². The molecule has 2 atom stereocenters. The summed E-state index contributed by atoms with van der Waals surface area (Å²) < 4.78 is 11.8. The maximum atomic E-state index is 11.4. The van der Waals surface area contributed by atoms with Crippen LogP contribution in [0.2, 0.25) is 0 Å². The first kappa shape index (κ1) is 17.7. The van der Waals surface area contributed by atoms with Gasteiger partial charge in [0.05, 0.1) is 34.2 Å². The number of rotatable bonds is 4. The maximum absolute atomic E-state index is 11.4. The Hall–Kier alpha value is -3.39. The molecule has 1 aromatic heterocycles. The molecule has 0 radical (unpaired) electrons. The molecular formula is C21H17N3O4S. The molecule has 0 saturated heterocycles. The van der Waals surface area contributed by atoms with E-state index in [-0.39, 0.29) is 11.7 Å². The summed E-state index contributed by atoms with van der Waals surface area (Å²) in [4.78, 5) is 12.1. The summed E-state index contributed by atoms with van der Waals surface area (Å²) in [6.07, 6.45) is 0.122. The zero-order valence-electron chi connectivity index (χ0n) is 15.5. The van der Waals surface area contributed by atoms with E-state index < -0.39 is 11.2 Å². The van der Waals surface area contributed by atoms with Crippen molar-refractivity contribution in [3.8, 4) is 11.5 Å². The van der Waals surface area contributed by atoms with Crippen molar-refractivity contribution in [1.29, 1.82) is 0 Å². The average molecular weight is 407 g/mol. The predicted octanol–water partition coefficient (Wildman–Crippen LogP) is 4.91. The number of benzene rings is 2. The number of non-ortho nitro benzene ring substituents is 1. The molecule has 0 fully saturated rings. The zero-order valence-corrected chi connectivity index (χ0v) is 16.3. The molecule has 2 aliphatic rings. The number of hydrogen-bond donors (Lipinski definition) is 0. The van der Waals surface area contributed by atoms with Crippen LogP contribution in [0.25, 0.3) is 0 Å². The smallest absolute Gasteiger partial charge is 0.270 e. The van der Waals surface area contributed by atoms with Crippen LogP contribution >= 0.6 is 11.3 Å².